The number of hydrogen-bond donors (Lipinski definition) is 2. The van der Waals surface area contributed by atoms with Gasteiger partial charge < -0.3 is 10.4 Å². The molecule has 1 unspecified atom stereocenters. The molecule has 4 nitrogen and oxygen atoms in total. The molecule has 1 rings (SSSR count). The van der Waals surface area contributed by atoms with Gasteiger partial charge in [0.15, 0.2) is 0 Å². The van der Waals surface area contributed by atoms with Gasteiger partial charge in [-0.3, -0.25) is 9.59 Å². The number of halogens is 2. The third-order valence-electron chi connectivity index (χ3n) is 2.42. The lowest BCUT2D eigenvalue weighted by atomic mass is 10.1. The van der Waals surface area contributed by atoms with Gasteiger partial charge in [-0.05, 0) is 40.5 Å². The van der Waals surface area contributed by atoms with Gasteiger partial charge in [-0.25, -0.2) is 0 Å². The lowest BCUT2D eigenvalue weighted by Crippen LogP contribution is -2.36. The van der Waals surface area contributed by atoms with E-state index in [0.29, 0.717) is 16.5 Å². The lowest BCUT2D eigenvalue weighted by molar-refractivity contribution is -0.137. The van der Waals surface area contributed by atoms with Crippen molar-refractivity contribution in [2.45, 2.75) is 25.8 Å². The topological polar surface area (TPSA) is 66.4 Å². The number of benzene rings is 1. The van der Waals surface area contributed by atoms with Crippen molar-refractivity contribution < 1.29 is 14.7 Å². The number of nitrogens with one attached hydrogen (secondary N) is 1. The largest absolute Gasteiger partial charge is 0.481 e. The summed E-state index contributed by atoms with van der Waals surface area (Å²) in [6.45, 7) is 1.84. The molecule has 18 heavy (non-hydrogen) atoms. The number of carbonyl (C=O) groups is 2. The van der Waals surface area contributed by atoms with Gasteiger partial charge >= 0.3 is 5.97 Å². The number of amides is 1. The minimum Gasteiger partial charge on any atom is -0.481 e. The van der Waals surface area contributed by atoms with Crippen LogP contribution < -0.4 is 5.32 Å². The summed E-state index contributed by atoms with van der Waals surface area (Å²) in [6, 6.07) is 4.90. The van der Waals surface area contributed by atoms with Crippen LogP contribution >= 0.6 is 31.9 Å². The first kappa shape index (κ1) is 15.2. The van der Waals surface area contributed by atoms with E-state index in [4.69, 9.17) is 5.11 Å². The van der Waals surface area contributed by atoms with E-state index in [-0.39, 0.29) is 18.4 Å². The zero-order chi connectivity index (χ0) is 13.7. The summed E-state index contributed by atoms with van der Waals surface area (Å²) in [5.41, 5.74) is 0.480. The molecule has 0 aromatic heterocycles. The Kier molecular flexibility index (Phi) is 5.81. The number of carboxylic acids is 1. The fraction of sp³-hybridized carbons (Fsp3) is 0.333. The highest BCUT2D eigenvalue weighted by molar-refractivity contribution is 9.11. The average molecular weight is 379 g/mol. The van der Waals surface area contributed by atoms with Gasteiger partial charge in [0.2, 0.25) is 0 Å². The maximum absolute atomic E-state index is 12.0. The summed E-state index contributed by atoms with van der Waals surface area (Å²) in [5, 5.41) is 11.4. The van der Waals surface area contributed by atoms with Crippen molar-refractivity contribution in [3.8, 4) is 0 Å². The van der Waals surface area contributed by atoms with Crippen LogP contribution in [0.25, 0.3) is 0 Å². The first-order valence-electron chi connectivity index (χ1n) is 5.41. The maximum Gasteiger partial charge on any atom is 0.305 e. The maximum atomic E-state index is 12.0. The molecule has 0 bridgehead atoms. The molecule has 0 aliphatic rings. The van der Waals surface area contributed by atoms with Gasteiger partial charge in [-0.2, -0.15) is 0 Å². The molecule has 0 saturated carbocycles. The van der Waals surface area contributed by atoms with Crippen molar-refractivity contribution in [3.63, 3.8) is 0 Å². The third kappa shape index (κ3) is 4.42. The molecule has 0 spiro atoms. The molecule has 1 aromatic carbocycles. The van der Waals surface area contributed by atoms with E-state index in [9.17, 15) is 9.59 Å². The molecular weight excluding hydrogens is 366 g/mol. The quantitative estimate of drug-likeness (QED) is 0.826. The van der Waals surface area contributed by atoms with Crippen molar-refractivity contribution in [1.29, 1.82) is 0 Å². The van der Waals surface area contributed by atoms with E-state index >= 15 is 0 Å². The molecule has 6 heteroatoms. The van der Waals surface area contributed by atoms with Crippen LogP contribution in [0, 0.1) is 0 Å². The molecule has 1 amide bonds. The van der Waals surface area contributed by atoms with Gasteiger partial charge in [0.05, 0.1) is 12.0 Å². The molecule has 0 aliphatic carbocycles. The molecular formula is C12H13Br2NO3. The normalized spacial score (nSPS) is 11.9. The molecule has 0 radical (unpaired) electrons. The van der Waals surface area contributed by atoms with Crippen LogP contribution in [0.5, 0.6) is 0 Å². The summed E-state index contributed by atoms with van der Waals surface area (Å²) in [5.74, 6) is -1.20. The zero-order valence-electron chi connectivity index (χ0n) is 9.74. The Hall–Kier alpha value is -0.880. The molecule has 0 saturated heterocycles. The van der Waals surface area contributed by atoms with Gasteiger partial charge in [-0.15, -0.1) is 0 Å². The van der Waals surface area contributed by atoms with Crippen LogP contribution in [-0.4, -0.2) is 23.0 Å². The van der Waals surface area contributed by atoms with Crippen LogP contribution in [0.1, 0.15) is 30.1 Å². The van der Waals surface area contributed by atoms with Gasteiger partial charge in [0.1, 0.15) is 0 Å². The Bertz CT molecular complexity index is 463. The van der Waals surface area contributed by atoms with Crippen LogP contribution in [0.4, 0.5) is 0 Å². The Balaban J connectivity index is 2.80. The first-order chi connectivity index (χ1) is 8.43. The Morgan fingerprint density at radius 3 is 2.61 bits per heavy atom. The molecule has 0 fully saturated rings. The van der Waals surface area contributed by atoms with Crippen molar-refractivity contribution in [2.75, 3.05) is 0 Å². The van der Waals surface area contributed by atoms with E-state index in [1.165, 1.54) is 0 Å². The molecule has 1 aromatic rings. The molecule has 1 atom stereocenters. The van der Waals surface area contributed by atoms with Crippen LogP contribution in [-0.2, 0) is 4.79 Å². The van der Waals surface area contributed by atoms with E-state index < -0.39 is 5.97 Å². The van der Waals surface area contributed by atoms with Crippen molar-refractivity contribution in [2.24, 2.45) is 0 Å². The highest BCUT2D eigenvalue weighted by Crippen LogP contribution is 2.21. The number of aliphatic carboxylic acids is 1. The number of rotatable bonds is 5. The average Bonchev–Trinajstić information content (AvgIpc) is 2.30. The Labute approximate surface area is 122 Å². The summed E-state index contributed by atoms with van der Waals surface area (Å²) in [7, 11) is 0. The zero-order valence-corrected chi connectivity index (χ0v) is 12.9. The van der Waals surface area contributed by atoms with E-state index in [2.05, 4.69) is 37.2 Å². The predicted octanol–water partition coefficient (Wildman–Crippen LogP) is 3.19. The molecule has 98 valence electrons. The minimum absolute atomic E-state index is 0.0755. The van der Waals surface area contributed by atoms with Gasteiger partial charge in [0, 0.05) is 15.0 Å². The van der Waals surface area contributed by atoms with Crippen LogP contribution in [0.15, 0.2) is 27.1 Å². The highest BCUT2D eigenvalue weighted by atomic mass is 79.9. The van der Waals surface area contributed by atoms with E-state index in [1.54, 1.807) is 12.1 Å². The SMILES string of the molecule is CCC(CC(=O)O)NC(=O)c1cc(Br)ccc1Br. The smallest absolute Gasteiger partial charge is 0.305 e. The summed E-state index contributed by atoms with van der Waals surface area (Å²) >= 11 is 6.59. The Morgan fingerprint density at radius 1 is 1.39 bits per heavy atom. The van der Waals surface area contributed by atoms with Gasteiger partial charge in [-0.1, -0.05) is 22.9 Å². The second-order valence-electron chi connectivity index (χ2n) is 3.80. The minimum atomic E-state index is -0.921. The van der Waals surface area contributed by atoms with E-state index in [0.717, 1.165) is 4.47 Å². The third-order valence-corrected chi connectivity index (χ3v) is 3.61. The predicted molar refractivity (Wildman–Crippen MR) is 75.6 cm³/mol. The summed E-state index contributed by atoms with van der Waals surface area (Å²) in [4.78, 5) is 22.7. The first-order valence-corrected chi connectivity index (χ1v) is 7.00. The van der Waals surface area contributed by atoms with Crippen LogP contribution in [0.2, 0.25) is 0 Å². The van der Waals surface area contributed by atoms with Crippen molar-refractivity contribution >= 4 is 43.7 Å². The number of carboxylic acid groups (broad SMARTS) is 1. The standard InChI is InChI=1S/C12H13Br2NO3/c1-2-8(6-11(16)17)15-12(18)9-5-7(13)3-4-10(9)14/h3-5,8H,2,6H2,1H3,(H,15,18)(H,16,17). The molecule has 0 heterocycles. The summed E-state index contributed by atoms with van der Waals surface area (Å²) in [6.07, 6.45) is 0.498. The van der Waals surface area contributed by atoms with Crippen LogP contribution in [0.3, 0.4) is 0 Å². The van der Waals surface area contributed by atoms with Gasteiger partial charge in [0.25, 0.3) is 5.91 Å². The monoisotopic (exact) mass is 377 g/mol. The molecule has 0 aliphatic heterocycles. The van der Waals surface area contributed by atoms with Crippen molar-refractivity contribution in [3.05, 3.63) is 32.7 Å². The van der Waals surface area contributed by atoms with E-state index in [1.807, 2.05) is 13.0 Å². The second-order valence-corrected chi connectivity index (χ2v) is 5.57. The van der Waals surface area contributed by atoms with Crippen molar-refractivity contribution in [1.82, 2.24) is 5.32 Å². The fourth-order valence-corrected chi connectivity index (χ4v) is 2.23. The number of hydrogen-bond acceptors (Lipinski definition) is 2. The second kappa shape index (κ2) is 6.89. The lowest BCUT2D eigenvalue weighted by Gasteiger charge is -2.15. The summed E-state index contributed by atoms with van der Waals surface area (Å²) < 4.78 is 1.47. The Morgan fingerprint density at radius 2 is 2.06 bits per heavy atom. The fourth-order valence-electron chi connectivity index (χ4n) is 1.44. The molecule has 2 N–H and O–H groups in total. The highest BCUT2D eigenvalue weighted by Gasteiger charge is 2.17. The number of carbonyl (C=O) groups excluding carboxylic acids is 1.